The van der Waals surface area contributed by atoms with E-state index in [0.717, 1.165) is 50.0 Å². The van der Waals surface area contributed by atoms with Crippen LogP contribution in [-0.2, 0) is 9.53 Å². The van der Waals surface area contributed by atoms with Crippen LogP contribution in [0.5, 0.6) is 5.88 Å². The number of carbonyl (C=O) groups is 1. The van der Waals surface area contributed by atoms with Crippen LogP contribution in [0.15, 0.2) is 6.08 Å². The molecule has 0 spiro atoms. The summed E-state index contributed by atoms with van der Waals surface area (Å²) in [4.78, 5) is 12.6. The van der Waals surface area contributed by atoms with E-state index in [9.17, 15) is 4.79 Å². The Morgan fingerprint density at radius 3 is 2.05 bits per heavy atom. The van der Waals surface area contributed by atoms with Gasteiger partial charge in [0.1, 0.15) is 12.2 Å². The molecule has 1 aromatic heterocycles. The first-order chi connectivity index (χ1) is 19.0. The number of hydrogen-bond donors (Lipinski definition) is 0. The zero-order valence-electron chi connectivity index (χ0n) is 25.7. The highest BCUT2D eigenvalue weighted by Crippen LogP contribution is 2.31. The predicted molar refractivity (Wildman–Crippen MR) is 164 cm³/mol. The van der Waals surface area contributed by atoms with Crippen LogP contribution in [0.25, 0.3) is 5.57 Å². The Morgan fingerprint density at radius 2 is 1.44 bits per heavy atom. The van der Waals surface area contributed by atoms with E-state index in [4.69, 9.17) is 9.47 Å². The number of quaternary nitrogens is 1. The molecule has 0 aromatic carbocycles. The Balaban J connectivity index is 1.61. The molecular formula is C32H58N3O3S+. The average molecular weight is 565 g/mol. The van der Waals surface area contributed by atoms with Crippen molar-refractivity contribution in [3.05, 3.63) is 11.8 Å². The molecule has 0 amide bonds. The van der Waals surface area contributed by atoms with E-state index >= 15 is 0 Å². The highest BCUT2D eigenvalue weighted by atomic mass is 32.1. The second-order valence-corrected chi connectivity index (χ2v) is 12.3. The third kappa shape index (κ3) is 13.6. The van der Waals surface area contributed by atoms with E-state index in [1.807, 2.05) is 6.92 Å². The number of aromatic nitrogens is 2. The summed E-state index contributed by atoms with van der Waals surface area (Å²) < 4.78 is 21.6. The van der Waals surface area contributed by atoms with Gasteiger partial charge in [-0.15, -0.1) is 4.37 Å². The molecule has 1 unspecified atom stereocenters. The van der Waals surface area contributed by atoms with Gasteiger partial charge in [0.2, 0.25) is 6.23 Å². The van der Waals surface area contributed by atoms with Crippen LogP contribution >= 0.6 is 11.7 Å². The molecular weight excluding hydrogens is 506 g/mol. The highest BCUT2D eigenvalue weighted by Gasteiger charge is 2.36. The van der Waals surface area contributed by atoms with E-state index in [-0.39, 0.29) is 12.2 Å². The molecule has 6 nitrogen and oxygen atoms in total. The van der Waals surface area contributed by atoms with E-state index in [1.165, 1.54) is 102 Å². The van der Waals surface area contributed by atoms with Gasteiger partial charge in [0.15, 0.2) is 0 Å². The van der Waals surface area contributed by atoms with Crippen LogP contribution in [-0.4, -0.2) is 52.2 Å². The minimum absolute atomic E-state index is 0.0625. The van der Waals surface area contributed by atoms with Crippen LogP contribution in [0.3, 0.4) is 0 Å². The first-order valence-electron chi connectivity index (χ1n) is 16.2. The zero-order chi connectivity index (χ0) is 28.2. The SMILES string of the molecule is CCCCCCCCCCCCCCCC(=O)O[C@@H](C)[N+]1(C)CCC=C(c2nsnc2OCCCCCC)C1. The predicted octanol–water partition coefficient (Wildman–Crippen LogP) is 9.10. The number of likely N-dealkylation sites (N-methyl/N-ethyl adjacent to an activating group) is 1. The summed E-state index contributed by atoms with van der Waals surface area (Å²) in [5.41, 5.74) is 2.02. The molecule has 0 fully saturated rings. The lowest BCUT2D eigenvalue weighted by atomic mass is 10.0. The average Bonchev–Trinajstić information content (AvgIpc) is 3.40. The minimum atomic E-state index is -0.187. The van der Waals surface area contributed by atoms with E-state index in [2.05, 4.69) is 35.7 Å². The molecule has 2 heterocycles. The number of carbonyl (C=O) groups excluding carboxylic acids is 1. The largest absolute Gasteiger partial charge is 0.475 e. The molecule has 1 aliphatic heterocycles. The van der Waals surface area contributed by atoms with Gasteiger partial charge >= 0.3 is 5.97 Å². The summed E-state index contributed by atoms with van der Waals surface area (Å²) in [5, 5.41) is 0. The number of nitrogens with zero attached hydrogens (tertiary/aromatic N) is 3. The summed E-state index contributed by atoms with van der Waals surface area (Å²) in [6.45, 7) is 8.93. The fourth-order valence-electron chi connectivity index (χ4n) is 5.38. The molecule has 224 valence electrons. The molecule has 1 aromatic rings. The molecule has 2 atom stereocenters. The van der Waals surface area contributed by atoms with Gasteiger partial charge in [0.25, 0.3) is 5.88 Å². The lowest BCUT2D eigenvalue weighted by molar-refractivity contribution is -0.944. The Labute approximate surface area is 243 Å². The maximum absolute atomic E-state index is 12.6. The quantitative estimate of drug-likeness (QED) is 0.0753. The third-order valence-corrected chi connectivity index (χ3v) is 8.74. The summed E-state index contributed by atoms with van der Waals surface area (Å²) in [6, 6.07) is 0. The van der Waals surface area contributed by atoms with E-state index in [0.29, 0.717) is 23.4 Å². The smallest absolute Gasteiger partial charge is 0.310 e. The molecule has 7 heteroatoms. The van der Waals surface area contributed by atoms with Gasteiger partial charge in [0, 0.05) is 25.3 Å². The number of hydrogen-bond acceptors (Lipinski definition) is 6. The summed E-state index contributed by atoms with van der Waals surface area (Å²) in [6.07, 6.45) is 25.2. The normalized spacial score (nSPS) is 18.1. The molecule has 2 rings (SSSR count). The number of unbranched alkanes of at least 4 members (excludes halogenated alkanes) is 15. The van der Waals surface area contributed by atoms with Gasteiger partial charge < -0.3 is 9.47 Å². The first-order valence-corrected chi connectivity index (χ1v) is 16.9. The van der Waals surface area contributed by atoms with Crippen LogP contribution < -0.4 is 4.74 Å². The number of ether oxygens (including phenoxy) is 2. The lowest BCUT2D eigenvalue weighted by Gasteiger charge is -2.41. The van der Waals surface area contributed by atoms with Crippen molar-refractivity contribution < 1.29 is 18.8 Å². The molecule has 0 radical (unpaired) electrons. The van der Waals surface area contributed by atoms with Gasteiger partial charge in [-0.3, -0.25) is 9.28 Å². The molecule has 1 aliphatic rings. The Kier molecular flexibility index (Phi) is 17.7. The fourth-order valence-corrected chi connectivity index (χ4v) is 5.91. The number of rotatable bonds is 23. The Morgan fingerprint density at radius 1 is 0.872 bits per heavy atom. The van der Waals surface area contributed by atoms with Crippen LogP contribution in [0.1, 0.15) is 148 Å². The summed E-state index contributed by atoms with van der Waals surface area (Å²) in [5.74, 6) is 0.593. The second kappa shape index (κ2) is 20.4. The van der Waals surface area contributed by atoms with Crippen LogP contribution in [0, 0.1) is 0 Å². The molecule has 0 saturated heterocycles. The topological polar surface area (TPSA) is 61.3 Å². The monoisotopic (exact) mass is 564 g/mol. The van der Waals surface area contributed by atoms with Gasteiger partial charge in [-0.1, -0.05) is 116 Å². The van der Waals surface area contributed by atoms with Crippen LogP contribution in [0.2, 0.25) is 0 Å². The lowest BCUT2D eigenvalue weighted by Crippen LogP contribution is -2.55. The minimum Gasteiger partial charge on any atom is -0.475 e. The van der Waals surface area contributed by atoms with Crippen molar-refractivity contribution in [3.8, 4) is 5.88 Å². The van der Waals surface area contributed by atoms with Crippen molar-refractivity contribution in [1.29, 1.82) is 0 Å². The van der Waals surface area contributed by atoms with Gasteiger partial charge in [0.05, 0.1) is 31.9 Å². The fraction of sp³-hybridized carbons (Fsp3) is 0.844. The number of esters is 1. The molecule has 39 heavy (non-hydrogen) atoms. The Bertz CT molecular complexity index is 812. The van der Waals surface area contributed by atoms with E-state index < -0.39 is 0 Å². The van der Waals surface area contributed by atoms with Crippen molar-refractivity contribution in [2.24, 2.45) is 0 Å². The van der Waals surface area contributed by atoms with Crippen molar-refractivity contribution in [3.63, 3.8) is 0 Å². The first kappa shape index (κ1) is 33.7. The van der Waals surface area contributed by atoms with Crippen molar-refractivity contribution in [2.75, 3.05) is 26.7 Å². The summed E-state index contributed by atoms with van der Waals surface area (Å²) in [7, 11) is 2.18. The molecule has 0 saturated carbocycles. The van der Waals surface area contributed by atoms with Crippen molar-refractivity contribution in [2.45, 2.75) is 149 Å². The second-order valence-electron chi connectivity index (χ2n) is 11.8. The maximum atomic E-state index is 12.6. The molecule has 0 bridgehead atoms. The van der Waals surface area contributed by atoms with Gasteiger partial charge in [-0.25, -0.2) is 0 Å². The highest BCUT2D eigenvalue weighted by molar-refractivity contribution is 6.99. The van der Waals surface area contributed by atoms with Crippen molar-refractivity contribution in [1.82, 2.24) is 8.75 Å². The van der Waals surface area contributed by atoms with E-state index in [1.54, 1.807) is 0 Å². The van der Waals surface area contributed by atoms with Crippen molar-refractivity contribution >= 4 is 23.3 Å². The standard InChI is InChI=1S/C32H58N3O3S/c1-5-7-9-11-12-13-14-15-16-17-18-19-20-24-30(36)38-28(3)35(4)25-22-23-29(27-35)31-32(34-39-33-31)37-26-21-10-8-6-2/h23,28H,5-22,24-27H2,1-4H3/q+1/t28-,35?/m0/s1. The maximum Gasteiger partial charge on any atom is 0.310 e. The van der Waals surface area contributed by atoms with Gasteiger partial charge in [-0.2, -0.15) is 4.37 Å². The van der Waals surface area contributed by atoms with Gasteiger partial charge in [-0.05, 0) is 12.8 Å². The molecule has 0 aliphatic carbocycles. The molecule has 0 N–H and O–H groups in total. The zero-order valence-corrected chi connectivity index (χ0v) is 26.5. The Hall–Kier alpha value is -1.47. The summed E-state index contributed by atoms with van der Waals surface area (Å²) >= 11 is 1.21. The third-order valence-electron chi connectivity index (χ3n) is 8.23. The van der Waals surface area contributed by atoms with Crippen LogP contribution in [0.4, 0.5) is 0 Å².